The van der Waals surface area contributed by atoms with E-state index in [9.17, 15) is 9.90 Å². The van der Waals surface area contributed by atoms with Crippen LogP contribution in [-0.2, 0) is 30.5 Å². The number of rotatable bonds is 5. The van der Waals surface area contributed by atoms with Crippen LogP contribution in [0.5, 0.6) is 0 Å². The summed E-state index contributed by atoms with van der Waals surface area (Å²) < 4.78 is 1.54. The number of carboxylic acids is 1. The van der Waals surface area contributed by atoms with Crippen molar-refractivity contribution in [3.8, 4) is 17.1 Å². The molecule has 2 atom stereocenters. The van der Waals surface area contributed by atoms with E-state index >= 15 is 0 Å². The number of nitrogens with two attached hydrogens (primary N) is 1. The van der Waals surface area contributed by atoms with Gasteiger partial charge in [0.25, 0.3) is 0 Å². The molecule has 0 saturated carbocycles. The molecule has 4 N–H and O–H groups in total. The highest BCUT2D eigenvalue weighted by Gasteiger charge is 2.35. The molecule has 1 aliphatic heterocycles. The number of anilines is 3. The second-order valence-corrected chi connectivity index (χ2v) is 11.4. The Morgan fingerprint density at radius 1 is 0.902 bits per heavy atom. The lowest BCUT2D eigenvalue weighted by atomic mass is 10.0. The third-order valence-electron chi connectivity index (χ3n) is 8.88. The van der Waals surface area contributed by atoms with Crippen LogP contribution in [0.15, 0.2) is 48.5 Å². The Morgan fingerprint density at radius 2 is 1.73 bits per heavy atom. The van der Waals surface area contributed by atoms with Crippen molar-refractivity contribution >= 4 is 23.6 Å². The minimum absolute atomic E-state index is 0.243. The molecule has 2 aromatic carbocycles. The fourth-order valence-corrected chi connectivity index (χ4v) is 6.84. The topological polar surface area (TPSA) is 135 Å². The van der Waals surface area contributed by atoms with Gasteiger partial charge in [-0.3, -0.25) is 9.69 Å². The molecule has 0 amide bonds. The first kappa shape index (κ1) is 25.6. The summed E-state index contributed by atoms with van der Waals surface area (Å²) in [6, 6.07) is 16.7. The number of aryl methyl sites for hydroxylation is 4. The fraction of sp³-hybridized carbons (Fsp3) is 0.387. The average molecular weight is 551 g/mol. The lowest BCUT2D eigenvalue weighted by molar-refractivity contribution is -0.143. The number of nitrogens with zero attached hydrogens (tertiary/aromatic N) is 6. The van der Waals surface area contributed by atoms with Crippen LogP contribution in [0.3, 0.4) is 0 Å². The van der Waals surface area contributed by atoms with Gasteiger partial charge in [-0.25, -0.2) is 0 Å². The van der Waals surface area contributed by atoms with Crippen molar-refractivity contribution < 1.29 is 9.90 Å². The summed E-state index contributed by atoms with van der Waals surface area (Å²) in [5.41, 5.74) is 14.3. The van der Waals surface area contributed by atoms with Gasteiger partial charge < -0.3 is 16.2 Å². The highest BCUT2D eigenvalue weighted by molar-refractivity contribution is 5.74. The lowest BCUT2D eigenvalue weighted by Crippen LogP contribution is -2.43. The maximum atomic E-state index is 11.7. The van der Waals surface area contributed by atoms with Crippen LogP contribution in [0.2, 0.25) is 0 Å². The molecular weight excluding hydrogens is 516 g/mol. The summed E-state index contributed by atoms with van der Waals surface area (Å²) in [5.74, 6) is 0.504. The van der Waals surface area contributed by atoms with Gasteiger partial charge in [-0.05, 0) is 105 Å². The molecule has 4 aromatic rings. The Kier molecular flexibility index (Phi) is 6.62. The first-order chi connectivity index (χ1) is 20.0. The third kappa shape index (κ3) is 4.93. The summed E-state index contributed by atoms with van der Waals surface area (Å²) in [6.45, 7) is 0.877. The zero-order valence-electron chi connectivity index (χ0n) is 23.0. The van der Waals surface area contributed by atoms with Crippen LogP contribution in [-0.4, -0.2) is 59.6 Å². The van der Waals surface area contributed by atoms with Crippen molar-refractivity contribution in [3.63, 3.8) is 0 Å². The molecule has 0 spiro atoms. The molecule has 41 heavy (non-hydrogen) atoms. The second kappa shape index (κ2) is 10.6. The van der Waals surface area contributed by atoms with Crippen molar-refractivity contribution in [2.75, 3.05) is 17.6 Å². The van der Waals surface area contributed by atoms with Crippen LogP contribution in [0.4, 0.5) is 17.6 Å². The monoisotopic (exact) mass is 550 g/mol. The lowest BCUT2D eigenvalue weighted by Gasteiger charge is -2.30. The molecule has 210 valence electrons. The Morgan fingerprint density at radius 3 is 2.61 bits per heavy atom. The number of aliphatic carboxylic acids is 1. The SMILES string of the molecule is Nc1nc(Nc2ccc3c(c2)CCC(N2CCC[C@@H]2C(=O)O)CC3)nn1-c1cc2c(nn1)-c1ccccc1CCC2. The second-order valence-electron chi connectivity index (χ2n) is 11.4. The van der Waals surface area contributed by atoms with E-state index in [1.165, 1.54) is 21.4 Å². The Balaban J connectivity index is 1.08. The Hall–Kier alpha value is -4.31. The van der Waals surface area contributed by atoms with Crippen molar-refractivity contribution in [1.29, 1.82) is 0 Å². The van der Waals surface area contributed by atoms with Gasteiger partial charge in [-0.1, -0.05) is 30.3 Å². The molecule has 0 radical (unpaired) electrons. The van der Waals surface area contributed by atoms with Crippen LogP contribution in [0.25, 0.3) is 17.1 Å². The largest absolute Gasteiger partial charge is 0.480 e. The fourth-order valence-electron chi connectivity index (χ4n) is 6.84. The minimum atomic E-state index is -0.691. The van der Waals surface area contributed by atoms with Gasteiger partial charge >= 0.3 is 5.97 Å². The van der Waals surface area contributed by atoms with Gasteiger partial charge in [0.05, 0.1) is 5.69 Å². The van der Waals surface area contributed by atoms with Crippen LogP contribution >= 0.6 is 0 Å². The highest BCUT2D eigenvalue weighted by atomic mass is 16.4. The molecule has 3 heterocycles. The Bertz CT molecular complexity index is 1620. The van der Waals surface area contributed by atoms with Crippen molar-refractivity contribution in [2.45, 2.75) is 69.9 Å². The van der Waals surface area contributed by atoms with E-state index in [2.05, 4.69) is 60.8 Å². The van der Waals surface area contributed by atoms with E-state index in [1.54, 1.807) is 0 Å². The number of benzene rings is 2. The molecule has 2 aromatic heterocycles. The molecular formula is C31H34N8O2. The average Bonchev–Trinajstić information content (AvgIpc) is 3.49. The van der Waals surface area contributed by atoms with Gasteiger partial charge in [-0.2, -0.15) is 9.67 Å². The van der Waals surface area contributed by atoms with E-state index in [4.69, 9.17) is 5.73 Å². The van der Waals surface area contributed by atoms with Crippen molar-refractivity contribution in [2.24, 2.45) is 0 Å². The Labute approximate surface area is 238 Å². The maximum absolute atomic E-state index is 11.7. The number of fused-ring (bicyclic) bond motifs is 4. The predicted octanol–water partition coefficient (Wildman–Crippen LogP) is 4.34. The number of hydrogen-bond acceptors (Lipinski definition) is 8. The molecule has 1 saturated heterocycles. The van der Waals surface area contributed by atoms with Gasteiger partial charge in [-0.15, -0.1) is 15.3 Å². The third-order valence-corrected chi connectivity index (χ3v) is 8.88. The first-order valence-electron chi connectivity index (χ1n) is 14.6. The number of hydrogen-bond donors (Lipinski definition) is 3. The maximum Gasteiger partial charge on any atom is 0.320 e. The quantitative estimate of drug-likeness (QED) is 0.310. The predicted molar refractivity (Wildman–Crippen MR) is 156 cm³/mol. The highest BCUT2D eigenvalue weighted by Crippen LogP contribution is 2.33. The molecule has 10 nitrogen and oxygen atoms in total. The molecule has 10 heteroatoms. The van der Waals surface area contributed by atoms with Crippen molar-refractivity contribution in [3.05, 3.63) is 70.8 Å². The molecule has 3 aliphatic rings. The zero-order valence-corrected chi connectivity index (χ0v) is 23.0. The molecule has 7 rings (SSSR count). The number of aromatic nitrogens is 5. The molecule has 1 fully saturated rings. The van der Waals surface area contributed by atoms with Gasteiger partial charge in [0.15, 0.2) is 5.82 Å². The summed E-state index contributed by atoms with van der Waals surface area (Å²) in [6.07, 6.45) is 8.50. The van der Waals surface area contributed by atoms with E-state index in [1.807, 2.05) is 18.2 Å². The number of carboxylic acid groups (broad SMARTS) is 1. The molecule has 0 bridgehead atoms. The molecule has 1 unspecified atom stereocenters. The summed E-state index contributed by atoms with van der Waals surface area (Å²) in [4.78, 5) is 18.4. The number of nitrogens with one attached hydrogen (secondary N) is 1. The van der Waals surface area contributed by atoms with Crippen LogP contribution < -0.4 is 11.1 Å². The standard InChI is InChI=1S/C31H34N8O2/c32-30-34-31(37-39(30)27-18-22-7-3-6-20-5-1-2-8-25(20)28(22)36-35-27)33-23-13-10-19-11-14-24(15-12-21(19)17-23)38-16-4-9-26(38)29(40)41/h1-2,5,8,10,13,17-18,24,26H,3-4,6-7,9,11-12,14-16H2,(H,40,41)(H3,32,33,34,37)/t24?,26-/m1/s1. The number of likely N-dealkylation sites (tertiary alicyclic amines) is 1. The van der Waals surface area contributed by atoms with Crippen LogP contribution in [0.1, 0.15) is 54.4 Å². The van der Waals surface area contributed by atoms with Gasteiger partial charge in [0.1, 0.15) is 6.04 Å². The van der Waals surface area contributed by atoms with E-state index in [-0.39, 0.29) is 12.0 Å². The van der Waals surface area contributed by atoms with E-state index < -0.39 is 5.97 Å². The van der Waals surface area contributed by atoms with Gasteiger partial charge in [0, 0.05) is 17.3 Å². The number of carbonyl (C=O) groups is 1. The zero-order chi connectivity index (χ0) is 27.9. The van der Waals surface area contributed by atoms with E-state index in [0.717, 1.165) is 86.8 Å². The summed E-state index contributed by atoms with van der Waals surface area (Å²) >= 11 is 0. The normalized spacial score (nSPS) is 20.4. The van der Waals surface area contributed by atoms with Crippen molar-refractivity contribution in [1.82, 2.24) is 29.9 Å². The first-order valence-corrected chi connectivity index (χ1v) is 14.6. The summed E-state index contributed by atoms with van der Waals surface area (Å²) in [5, 5.41) is 26.6. The smallest absolute Gasteiger partial charge is 0.320 e. The number of nitrogen functional groups attached to an aromatic ring is 1. The van der Waals surface area contributed by atoms with Crippen LogP contribution in [0, 0.1) is 0 Å². The molecule has 2 aliphatic carbocycles. The minimum Gasteiger partial charge on any atom is -0.480 e. The summed E-state index contributed by atoms with van der Waals surface area (Å²) in [7, 11) is 0. The van der Waals surface area contributed by atoms with Gasteiger partial charge in [0.2, 0.25) is 11.9 Å². The van der Waals surface area contributed by atoms with E-state index in [0.29, 0.717) is 17.8 Å².